The van der Waals surface area contributed by atoms with Crippen LogP contribution in [0.2, 0.25) is 0 Å². The van der Waals surface area contributed by atoms with Crippen molar-refractivity contribution < 1.29 is 4.79 Å². The van der Waals surface area contributed by atoms with Gasteiger partial charge in [-0.25, -0.2) is 4.68 Å². The highest BCUT2D eigenvalue weighted by atomic mass is 16.2. The van der Waals surface area contributed by atoms with E-state index in [4.69, 9.17) is 0 Å². The van der Waals surface area contributed by atoms with Gasteiger partial charge in [0.2, 0.25) is 5.91 Å². The number of nitrogens with zero attached hydrogens (tertiary/aromatic N) is 2. The summed E-state index contributed by atoms with van der Waals surface area (Å²) >= 11 is 0. The average molecular weight is 378 g/mol. The highest BCUT2D eigenvalue weighted by molar-refractivity contribution is 5.83. The monoisotopic (exact) mass is 377 g/mol. The number of amides is 1. The Morgan fingerprint density at radius 3 is 2.39 bits per heavy atom. The van der Waals surface area contributed by atoms with Crippen molar-refractivity contribution in [2.24, 2.45) is 23.2 Å². The van der Waals surface area contributed by atoms with Crippen molar-refractivity contribution in [3.8, 4) is 5.69 Å². The van der Waals surface area contributed by atoms with Gasteiger partial charge in [0.1, 0.15) is 0 Å². The zero-order valence-corrected chi connectivity index (χ0v) is 16.9. The van der Waals surface area contributed by atoms with Gasteiger partial charge in [0.05, 0.1) is 11.4 Å². The van der Waals surface area contributed by atoms with E-state index in [0.29, 0.717) is 5.91 Å². The number of rotatable bonds is 6. The molecule has 1 heterocycles. The van der Waals surface area contributed by atoms with E-state index < -0.39 is 0 Å². The van der Waals surface area contributed by atoms with Gasteiger partial charge in [-0.3, -0.25) is 4.79 Å². The van der Waals surface area contributed by atoms with E-state index in [2.05, 4.69) is 35.7 Å². The van der Waals surface area contributed by atoms with Gasteiger partial charge < -0.3 is 5.32 Å². The zero-order chi connectivity index (χ0) is 19.1. The number of hydrogen-bond acceptors (Lipinski definition) is 2. The fraction of sp³-hybridized carbons (Fsp3) is 0.583. The fourth-order valence-electron chi connectivity index (χ4n) is 6.51. The molecule has 1 amide bonds. The molecule has 4 nitrogen and oxygen atoms in total. The van der Waals surface area contributed by atoms with E-state index in [1.54, 1.807) is 0 Å². The summed E-state index contributed by atoms with van der Waals surface area (Å²) in [5.74, 6) is 2.82. The molecule has 148 valence electrons. The molecule has 4 aliphatic rings. The van der Waals surface area contributed by atoms with Crippen LogP contribution in [0.5, 0.6) is 0 Å². The van der Waals surface area contributed by atoms with E-state index in [1.807, 2.05) is 22.9 Å². The minimum Gasteiger partial charge on any atom is -0.356 e. The Morgan fingerprint density at radius 1 is 1.11 bits per heavy atom. The predicted octanol–water partition coefficient (Wildman–Crippen LogP) is 4.45. The Balaban J connectivity index is 1.15. The number of carbonyl (C=O) groups is 1. The van der Waals surface area contributed by atoms with Crippen LogP contribution >= 0.6 is 0 Å². The first kappa shape index (κ1) is 18.0. The van der Waals surface area contributed by atoms with Crippen LogP contribution in [0.3, 0.4) is 0 Å². The predicted molar refractivity (Wildman–Crippen MR) is 110 cm³/mol. The standard InChI is InChI=1S/C24H31N3O/c1-17-21(16-27(26-17)22-7-3-2-4-8-22)6-5-9-25-23(28)24-13-18-10-19(14-24)12-20(11-18)15-24/h2-4,7-8,16,18-20H,5-6,9-15H2,1H3,(H,25,28). The molecule has 0 saturated heterocycles. The molecular weight excluding hydrogens is 346 g/mol. The molecule has 0 radical (unpaired) electrons. The molecule has 0 aliphatic heterocycles. The molecule has 0 atom stereocenters. The second-order valence-electron chi connectivity index (χ2n) is 9.58. The topological polar surface area (TPSA) is 46.9 Å². The summed E-state index contributed by atoms with van der Waals surface area (Å²) in [6.07, 6.45) is 11.7. The molecule has 1 aromatic heterocycles. The molecular formula is C24H31N3O. The van der Waals surface area contributed by atoms with Crippen LogP contribution in [0, 0.1) is 30.1 Å². The lowest BCUT2D eigenvalue weighted by Gasteiger charge is -2.55. The van der Waals surface area contributed by atoms with Gasteiger partial charge in [-0.15, -0.1) is 0 Å². The van der Waals surface area contributed by atoms with E-state index in [-0.39, 0.29) is 5.41 Å². The average Bonchev–Trinajstić information content (AvgIpc) is 3.05. The lowest BCUT2D eigenvalue weighted by Crippen LogP contribution is -2.53. The molecule has 4 fully saturated rings. The van der Waals surface area contributed by atoms with Crippen molar-refractivity contribution in [3.63, 3.8) is 0 Å². The van der Waals surface area contributed by atoms with Crippen molar-refractivity contribution in [2.75, 3.05) is 6.54 Å². The van der Waals surface area contributed by atoms with Crippen LogP contribution in [0.15, 0.2) is 36.5 Å². The molecule has 6 rings (SSSR count). The fourth-order valence-corrected chi connectivity index (χ4v) is 6.51. The van der Waals surface area contributed by atoms with Crippen LogP contribution < -0.4 is 5.32 Å². The third-order valence-corrected chi connectivity index (χ3v) is 7.45. The van der Waals surface area contributed by atoms with E-state index in [9.17, 15) is 4.79 Å². The van der Waals surface area contributed by atoms with E-state index >= 15 is 0 Å². The first-order valence-corrected chi connectivity index (χ1v) is 11.0. The summed E-state index contributed by atoms with van der Waals surface area (Å²) < 4.78 is 1.96. The Hall–Kier alpha value is -2.10. The van der Waals surface area contributed by atoms with Gasteiger partial charge in [0.15, 0.2) is 0 Å². The Labute approximate surface area is 167 Å². The summed E-state index contributed by atoms with van der Waals surface area (Å²) in [7, 11) is 0. The van der Waals surface area contributed by atoms with Crippen LogP contribution in [0.4, 0.5) is 0 Å². The minimum absolute atomic E-state index is 0.0249. The Bertz CT molecular complexity index is 819. The van der Waals surface area contributed by atoms with E-state index in [0.717, 1.165) is 67.8 Å². The lowest BCUT2D eigenvalue weighted by atomic mass is 9.49. The molecule has 4 aliphatic carbocycles. The SMILES string of the molecule is Cc1nn(-c2ccccc2)cc1CCCNC(=O)C12CC3CC(CC(C3)C1)C2. The minimum atomic E-state index is -0.0249. The number of nitrogens with one attached hydrogen (secondary N) is 1. The van der Waals surface area contributed by atoms with Crippen LogP contribution in [-0.2, 0) is 11.2 Å². The van der Waals surface area contributed by atoms with Crippen molar-refractivity contribution in [1.29, 1.82) is 0 Å². The maximum Gasteiger partial charge on any atom is 0.226 e. The molecule has 4 heteroatoms. The lowest BCUT2D eigenvalue weighted by molar-refractivity contribution is -0.146. The third kappa shape index (κ3) is 3.27. The Kier molecular flexibility index (Phi) is 4.53. The highest BCUT2D eigenvalue weighted by Gasteiger charge is 2.54. The summed E-state index contributed by atoms with van der Waals surface area (Å²) in [4.78, 5) is 13.0. The number of aromatic nitrogens is 2. The van der Waals surface area contributed by atoms with Crippen LogP contribution in [0.1, 0.15) is 56.2 Å². The molecule has 28 heavy (non-hydrogen) atoms. The molecule has 0 spiro atoms. The molecule has 2 aromatic rings. The van der Waals surface area contributed by atoms with Crippen LogP contribution in [0.25, 0.3) is 5.69 Å². The quantitative estimate of drug-likeness (QED) is 0.756. The number of para-hydroxylation sites is 1. The second kappa shape index (κ2) is 7.06. The normalized spacial score (nSPS) is 30.5. The van der Waals surface area contributed by atoms with Gasteiger partial charge in [-0.05, 0) is 93.7 Å². The van der Waals surface area contributed by atoms with Crippen molar-refractivity contribution in [3.05, 3.63) is 47.8 Å². The number of benzene rings is 1. The molecule has 1 N–H and O–H groups in total. The number of carbonyl (C=O) groups excluding carboxylic acids is 1. The van der Waals surface area contributed by atoms with Crippen molar-refractivity contribution >= 4 is 5.91 Å². The first-order chi connectivity index (χ1) is 13.6. The number of aryl methyl sites for hydroxylation is 2. The van der Waals surface area contributed by atoms with Gasteiger partial charge in [0, 0.05) is 18.2 Å². The molecule has 1 aromatic carbocycles. The summed E-state index contributed by atoms with van der Waals surface area (Å²) in [5, 5.41) is 7.95. The van der Waals surface area contributed by atoms with Gasteiger partial charge >= 0.3 is 0 Å². The summed E-state index contributed by atoms with van der Waals surface area (Å²) in [6.45, 7) is 2.85. The summed E-state index contributed by atoms with van der Waals surface area (Å²) in [5.41, 5.74) is 3.42. The Morgan fingerprint density at radius 2 is 1.75 bits per heavy atom. The molecule has 4 bridgehead atoms. The molecule has 0 unspecified atom stereocenters. The highest BCUT2D eigenvalue weighted by Crippen LogP contribution is 2.60. The van der Waals surface area contributed by atoms with Gasteiger partial charge in [-0.1, -0.05) is 18.2 Å². The zero-order valence-electron chi connectivity index (χ0n) is 16.9. The first-order valence-electron chi connectivity index (χ1n) is 11.0. The smallest absolute Gasteiger partial charge is 0.226 e. The van der Waals surface area contributed by atoms with Gasteiger partial charge in [-0.2, -0.15) is 5.10 Å². The third-order valence-electron chi connectivity index (χ3n) is 7.45. The molecule has 4 saturated carbocycles. The van der Waals surface area contributed by atoms with Crippen LogP contribution in [-0.4, -0.2) is 22.2 Å². The maximum absolute atomic E-state index is 13.0. The van der Waals surface area contributed by atoms with Crippen molar-refractivity contribution in [1.82, 2.24) is 15.1 Å². The largest absolute Gasteiger partial charge is 0.356 e. The summed E-state index contributed by atoms with van der Waals surface area (Å²) in [6, 6.07) is 10.2. The van der Waals surface area contributed by atoms with E-state index in [1.165, 1.54) is 24.8 Å². The number of hydrogen-bond donors (Lipinski definition) is 1. The van der Waals surface area contributed by atoms with Crippen molar-refractivity contribution in [2.45, 2.75) is 58.3 Å². The van der Waals surface area contributed by atoms with Gasteiger partial charge in [0.25, 0.3) is 0 Å². The second-order valence-corrected chi connectivity index (χ2v) is 9.58. The maximum atomic E-state index is 13.0.